The molecule has 0 aromatic carbocycles. The number of hydrogen-bond acceptors (Lipinski definition) is 4. The minimum absolute atomic E-state index is 0.235. The molecule has 0 radical (unpaired) electrons. The maximum atomic E-state index is 11.3. The smallest absolute Gasteiger partial charge is 0.151 e. The van der Waals surface area contributed by atoms with Crippen LogP contribution in [0, 0.1) is 0 Å². The highest BCUT2D eigenvalue weighted by molar-refractivity contribution is 7.91. The molecule has 0 aliphatic heterocycles. The van der Waals surface area contributed by atoms with Gasteiger partial charge in [0.2, 0.25) is 0 Å². The average Bonchev–Trinajstić information content (AvgIpc) is 2.25. The first-order valence-corrected chi connectivity index (χ1v) is 7.93. The Hall–Kier alpha value is -0.130. The van der Waals surface area contributed by atoms with E-state index in [0.29, 0.717) is 12.6 Å². The van der Waals surface area contributed by atoms with Gasteiger partial charge in [-0.05, 0) is 20.0 Å². The predicted octanol–water partition coefficient (Wildman–Crippen LogP) is 0.741. The van der Waals surface area contributed by atoms with E-state index in [1.54, 1.807) is 6.92 Å². The van der Waals surface area contributed by atoms with Crippen LogP contribution in [0.2, 0.25) is 0 Å². The normalized spacial score (nSPS) is 14.3. The number of nitrogens with one attached hydrogen (secondary N) is 1. The molecule has 0 aliphatic rings. The first-order valence-electron chi connectivity index (χ1n) is 6.11. The average molecular weight is 250 g/mol. The lowest BCUT2D eigenvalue weighted by atomic mass is 10.3. The number of rotatable bonds is 9. The van der Waals surface area contributed by atoms with Gasteiger partial charge in [0.15, 0.2) is 9.84 Å². The van der Waals surface area contributed by atoms with Gasteiger partial charge in [0.1, 0.15) is 0 Å². The molecule has 0 aromatic rings. The van der Waals surface area contributed by atoms with Gasteiger partial charge in [0.05, 0.1) is 5.75 Å². The molecular formula is C11H26N2O2S. The highest BCUT2D eigenvalue weighted by Gasteiger charge is 2.09. The van der Waals surface area contributed by atoms with E-state index < -0.39 is 9.84 Å². The van der Waals surface area contributed by atoms with Crippen molar-refractivity contribution in [3.63, 3.8) is 0 Å². The Bertz CT molecular complexity index is 261. The molecule has 1 unspecified atom stereocenters. The summed E-state index contributed by atoms with van der Waals surface area (Å²) in [4.78, 5) is 2.33. The molecule has 0 fully saturated rings. The molecular weight excluding hydrogens is 224 g/mol. The van der Waals surface area contributed by atoms with Crippen molar-refractivity contribution in [1.82, 2.24) is 10.2 Å². The number of likely N-dealkylation sites (N-methyl/N-ethyl adjacent to an activating group) is 1. The van der Waals surface area contributed by atoms with E-state index in [2.05, 4.69) is 31.0 Å². The summed E-state index contributed by atoms with van der Waals surface area (Å²) < 4.78 is 22.5. The van der Waals surface area contributed by atoms with Crippen LogP contribution in [0.5, 0.6) is 0 Å². The van der Waals surface area contributed by atoms with Crippen molar-refractivity contribution in [2.75, 3.05) is 37.7 Å². The number of hydrogen-bond donors (Lipinski definition) is 1. The molecule has 98 valence electrons. The molecule has 5 heteroatoms. The molecule has 0 aromatic heterocycles. The van der Waals surface area contributed by atoms with E-state index >= 15 is 0 Å². The molecule has 0 rings (SSSR count). The van der Waals surface area contributed by atoms with Gasteiger partial charge in [-0.1, -0.05) is 20.8 Å². The van der Waals surface area contributed by atoms with Crippen molar-refractivity contribution >= 4 is 9.84 Å². The molecule has 1 N–H and O–H groups in total. The van der Waals surface area contributed by atoms with E-state index in [-0.39, 0.29) is 11.5 Å². The van der Waals surface area contributed by atoms with Gasteiger partial charge in [-0.15, -0.1) is 0 Å². The number of nitrogens with zero attached hydrogens (tertiary/aromatic N) is 1. The minimum Gasteiger partial charge on any atom is -0.312 e. The summed E-state index contributed by atoms with van der Waals surface area (Å²) >= 11 is 0. The third-order valence-corrected chi connectivity index (χ3v) is 4.48. The topological polar surface area (TPSA) is 49.4 Å². The molecule has 0 aliphatic carbocycles. The van der Waals surface area contributed by atoms with Crippen LogP contribution in [0.4, 0.5) is 0 Å². The summed E-state index contributed by atoms with van der Waals surface area (Å²) in [6.45, 7) is 11.7. The van der Waals surface area contributed by atoms with Crippen LogP contribution in [0.3, 0.4) is 0 Å². The summed E-state index contributed by atoms with van der Waals surface area (Å²) in [5, 5.41) is 3.25. The van der Waals surface area contributed by atoms with Gasteiger partial charge in [0, 0.05) is 24.9 Å². The van der Waals surface area contributed by atoms with E-state index in [0.717, 1.165) is 19.6 Å². The molecule has 4 nitrogen and oxygen atoms in total. The summed E-state index contributed by atoms with van der Waals surface area (Å²) in [6.07, 6.45) is 0. The Balaban J connectivity index is 3.77. The molecule has 0 spiro atoms. The second kappa shape index (κ2) is 8.03. The van der Waals surface area contributed by atoms with Gasteiger partial charge in [-0.3, -0.25) is 0 Å². The fourth-order valence-electron chi connectivity index (χ4n) is 1.54. The van der Waals surface area contributed by atoms with E-state index in [1.807, 2.05) is 0 Å². The Kier molecular flexibility index (Phi) is 7.97. The first-order chi connectivity index (χ1) is 7.45. The molecule has 1 atom stereocenters. The summed E-state index contributed by atoms with van der Waals surface area (Å²) in [5.41, 5.74) is 0. The van der Waals surface area contributed by atoms with E-state index in [9.17, 15) is 8.42 Å². The zero-order valence-corrected chi connectivity index (χ0v) is 11.8. The molecule has 0 saturated carbocycles. The highest BCUT2D eigenvalue weighted by Crippen LogP contribution is 1.92. The Morgan fingerprint density at radius 2 is 1.75 bits per heavy atom. The summed E-state index contributed by atoms with van der Waals surface area (Å²) in [6, 6.07) is 0.340. The fourth-order valence-corrected chi connectivity index (χ4v) is 2.26. The quantitative estimate of drug-likeness (QED) is 0.656. The Morgan fingerprint density at radius 3 is 2.19 bits per heavy atom. The van der Waals surface area contributed by atoms with Gasteiger partial charge >= 0.3 is 0 Å². The molecule has 0 bridgehead atoms. The SMILES string of the molecule is CCN(CC)CC(C)NCCS(=O)(=O)CC. The van der Waals surface area contributed by atoms with Gasteiger partial charge in [-0.2, -0.15) is 0 Å². The van der Waals surface area contributed by atoms with Crippen LogP contribution >= 0.6 is 0 Å². The lowest BCUT2D eigenvalue weighted by Crippen LogP contribution is -2.40. The maximum absolute atomic E-state index is 11.3. The van der Waals surface area contributed by atoms with Crippen molar-refractivity contribution in [3.8, 4) is 0 Å². The summed E-state index contributed by atoms with van der Waals surface area (Å²) in [7, 11) is -2.83. The van der Waals surface area contributed by atoms with Gasteiger partial charge in [0.25, 0.3) is 0 Å². The number of sulfone groups is 1. The second-order valence-electron chi connectivity index (χ2n) is 4.08. The zero-order valence-electron chi connectivity index (χ0n) is 11.0. The third-order valence-electron chi connectivity index (χ3n) is 2.77. The molecule has 0 amide bonds. The molecule has 0 saturated heterocycles. The summed E-state index contributed by atoms with van der Waals surface area (Å²) in [5.74, 6) is 0.477. The fraction of sp³-hybridized carbons (Fsp3) is 1.00. The van der Waals surface area contributed by atoms with Crippen LogP contribution < -0.4 is 5.32 Å². The van der Waals surface area contributed by atoms with Crippen LogP contribution in [0.15, 0.2) is 0 Å². The largest absolute Gasteiger partial charge is 0.312 e. The standard InChI is InChI=1S/C11H26N2O2S/c1-5-13(6-2)10-11(4)12-8-9-16(14,15)7-3/h11-12H,5-10H2,1-4H3. The zero-order chi connectivity index (χ0) is 12.6. The highest BCUT2D eigenvalue weighted by atomic mass is 32.2. The Morgan fingerprint density at radius 1 is 1.19 bits per heavy atom. The van der Waals surface area contributed by atoms with E-state index in [4.69, 9.17) is 0 Å². The first kappa shape index (κ1) is 15.9. The van der Waals surface area contributed by atoms with Crippen LogP contribution in [-0.2, 0) is 9.84 Å². The lowest BCUT2D eigenvalue weighted by Gasteiger charge is -2.23. The second-order valence-corrected chi connectivity index (χ2v) is 6.55. The van der Waals surface area contributed by atoms with Crippen LogP contribution in [-0.4, -0.2) is 57.0 Å². The van der Waals surface area contributed by atoms with Crippen molar-refractivity contribution in [3.05, 3.63) is 0 Å². The van der Waals surface area contributed by atoms with Gasteiger partial charge < -0.3 is 10.2 Å². The molecule has 16 heavy (non-hydrogen) atoms. The van der Waals surface area contributed by atoms with Crippen LogP contribution in [0.1, 0.15) is 27.7 Å². The van der Waals surface area contributed by atoms with Crippen molar-refractivity contribution in [2.24, 2.45) is 0 Å². The molecule has 0 heterocycles. The van der Waals surface area contributed by atoms with E-state index in [1.165, 1.54) is 0 Å². The van der Waals surface area contributed by atoms with Crippen molar-refractivity contribution in [2.45, 2.75) is 33.7 Å². The predicted molar refractivity (Wildman–Crippen MR) is 69.6 cm³/mol. The minimum atomic E-state index is -2.83. The monoisotopic (exact) mass is 250 g/mol. The lowest BCUT2D eigenvalue weighted by molar-refractivity contribution is 0.273. The van der Waals surface area contributed by atoms with Crippen LogP contribution in [0.25, 0.3) is 0 Å². The third kappa shape index (κ3) is 7.19. The maximum Gasteiger partial charge on any atom is 0.151 e. The van der Waals surface area contributed by atoms with Crippen molar-refractivity contribution in [1.29, 1.82) is 0 Å². The Labute approximate surface area is 100 Å². The van der Waals surface area contributed by atoms with Crippen molar-refractivity contribution < 1.29 is 8.42 Å². The van der Waals surface area contributed by atoms with Gasteiger partial charge in [-0.25, -0.2) is 8.42 Å².